The Labute approximate surface area is 88.5 Å². The van der Waals surface area contributed by atoms with E-state index in [1.54, 1.807) is 0 Å². The van der Waals surface area contributed by atoms with Crippen LogP contribution in [0, 0.1) is 0 Å². The van der Waals surface area contributed by atoms with Crippen molar-refractivity contribution in [2.45, 2.75) is 37.5 Å². The van der Waals surface area contributed by atoms with Gasteiger partial charge in [0.2, 0.25) is 10.0 Å². The van der Waals surface area contributed by atoms with Gasteiger partial charge in [-0.1, -0.05) is 0 Å². The van der Waals surface area contributed by atoms with Gasteiger partial charge in [0.05, 0.1) is 11.8 Å². The van der Waals surface area contributed by atoms with Crippen LogP contribution in [0.5, 0.6) is 0 Å². The summed E-state index contributed by atoms with van der Waals surface area (Å²) in [6.07, 6.45) is -0.516. The van der Waals surface area contributed by atoms with E-state index in [0.717, 1.165) is 12.8 Å². The molecule has 2 N–H and O–H groups in total. The van der Waals surface area contributed by atoms with E-state index in [4.69, 9.17) is 0 Å². The molecule has 1 atom stereocenters. The molecule has 1 aliphatic rings. The molecule has 4 nitrogen and oxygen atoms in total. The predicted molar refractivity (Wildman–Crippen MR) is 53.4 cm³/mol. The highest BCUT2D eigenvalue weighted by Crippen LogP contribution is 2.18. The van der Waals surface area contributed by atoms with Gasteiger partial charge in [0.1, 0.15) is 0 Å². The number of halogens is 2. The summed E-state index contributed by atoms with van der Waals surface area (Å²) in [6.45, 7) is 1.00. The summed E-state index contributed by atoms with van der Waals surface area (Å²) in [4.78, 5) is 0. The smallest absolute Gasteiger partial charge is 0.251 e. The van der Waals surface area contributed by atoms with Crippen LogP contribution in [-0.4, -0.2) is 39.2 Å². The first-order chi connectivity index (χ1) is 6.92. The SMILES string of the molecule is CC(CNC1CC1)S(=O)(=O)NCC(F)F. The summed E-state index contributed by atoms with van der Waals surface area (Å²) in [5.41, 5.74) is 0. The van der Waals surface area contributed by atoms with Crippen molar-refractivity contribution < 1.29 is 17.2 Å². The monoisotopic (exact) mass is 242 g/mol. The lowest BCUT2D eigenvalue weighted by atomic mass is 10.4. The lowest BCUT2D eigenvalue weighted by molar-refractivity contribution is 0.153. The molecule has 15 heavy (non-hydrogen) atoms. The maximum absolute atomic E-state index is 11.8. The second-order valence-corrected chi connectivity index (χ2v) is 5.96. The van der Waals surface area contributed by atoms with Crippen LogP contribution in [-0.2, 0) is 10.0 Å². The first-order valence-corrected chi connectivity index (χ1v) is 6.46. The molecule has 0 spiro atoms. The summed E-state index contributed by atoms with van der Waals surface area (Å²) < 4.78 is 48.3. The maximum Gasteiger partial charge on any atom is 0.251 e. The highest BCUT2D eigenvalue weighted by Gasteiger charge is 2.26. The minimum atomic E-state index is -3.62. The van der Waals surface area contributed by atoms with Crippen molar-refractivity contribution in [3.8, 4) is 0 Å². The summed E-state index contributed by atoms with van der Waals surface area (Å²) in [5.74, 6) is 0. The van der Waals surface area contributed by atoms with Crippen molar-refractivity contribution in [3.05, 3.63) is 0 Å². The average Bonchev–Trinajstić information content (AvgIpc) is 2.94. The van der Waals surface area contributed by atoms with Crippen LogP contribution in [0.2, 0.25) is 0 Å². The third-order valence-electron chi connectivity index (χ3n) is 2.24. The molecular weight excluding hydrogens is 226 g/mol. The molecule has 0 aliphatic heterocycles. The normalized spacial score (nSPS) is 19.5. The number of sulfonamides is 1. The van der Waals surface area contributed by atoms with E-state index in [9.17, 15) is 17.2 Å². The summed E-state index contributed by atoms with van der Waals surface area (Å²) in [6, 6.07) is 0.415. The number of hydrogen-bond acceptors (Lipinski definition) is 3. The molecule has 0 aromatic heterocycles. The second-order valence-electron chi connectivity index (χ2n) is 3.78. The van der Waals surface area contributed by atoms with E-state index in [2.05, 4.69) is 5.32 Å². The van der Waals surface area contributed by atoms with Gasteiger partial charge in [0, 0.05) is 12.6 Å². The molecule has 0 amide bonds. The Morgan fingerprint density at radius 3 is 2.40 bits per heavy atom. The number of rotatable bonds is 7. The van der Waals surface area contributed by atoms with E-state index >= 15 is 0 Å². The van der Waals surface area contributed by atoms with Gasteiger partial charge >= 0.3 is 0 Å². The molecule has 7 heteroatoms. The Bertz CT molecular complexity index is 291. The van der Waals surface area contributed by atoms with Crippen molar-refractivity contribution in [1.29, 1.82) is 0 Å². The highest BCUT2D eigenvalue weighted by atomic mass is 32.2. The Morgan fingerprint density at radius 1 is 1.33 bits per heavy atom. The molecule has 0 saturated heterocycles. The zero-order chi connectivity index (χ0) is 11.5. The van der Waals surface area contributed by atoms with Crippen LogP contribution < -0.4 is 10.0 Å². The number of hydrogen-bond donors (Lipinski definition) is 2. The molecule has 1 saturated carbocycles. The fraction of sp³-hybridized carbons (Fsp3) is 1.00. The van der Waals surface area contributed by atoms with Gasteiger partial charge in [0.25, 0.3) is 6.43 Å². The first kappa shape index (κ1) is 12.8. The number of alkyl halides is 2. The van der Waals surface area contributed by atoms with E-state index in [1.165, 1.54) is 6.92 Å². The lowest BCUT2D eigenvalue weighted by Crippen LogP contribution is -2.41. The van der Waals surface area contributed by atoms with Crippen molar-refractivity contribution in [2.24, 2.45) is 0 Å². The van der Waals surface area contributed by atoms with E-state index in [1.807, 2.05) is 4.72 Å². The van der Waals surface area contributed by atoms with Crippen LogP contribution in [0.4, 0.5) is 8.78 Å². The third kappa shape index (κ3) is 4.85. The van der Waals surface area contributed by atoms with Crippen LogP contribution in [0.3, 0.4) is 0 Å². The van der Waals surface area contributed by atoms with E-state index < -0.39 is 28.2 Å². The van der Waals surface area contributed by atoms with Crippen LogP contribution in [0.25, 0.3) is 0 Å². The van der Waals surface area contributed by atoms with Gasteiger partial charge in [-0.15, -0.1) is 0 Å². The van der Waals surface area contributed by atoms with Crippen LogP contribution in [0.1, 0.15) is 19.8 Å². The van der Waals surface area contributed by atoms with Crippen molar-refractivity contribution >= 4 is 10.0 Å². The van der Waals surface area contributed by atoms with Crippen molar-refractivity contribution in [2.75, 3.05) is 13.1 Å². The zero-order valence-electron chi connectivity index (χ0n) is 8.54. The van der Waals surface area contributed by atoms with Crippen LogP contribution >= 0.6 is 0 Å². The molecule has 1 aliphatic carbocycles. The fourth-order valence-corrected chi connectivity index (χ4v) is 2.01. The largest absolute Gasteiger partial charge is 0.313 e. The zero-order valence-corrected chi connectivity index (χ0v) is 9.36. The molecule has 0 radical (unpaired) electrons. The van der Waals surface area contributed by atoms with E-state index in [-0.39, 0.29) is 0 Å². The molecule has 1 unspecified atom stereocenters. The van der Waals surface area contributed by atoms with E-state index in [0.29, 0.717) is 12.6 Å². The summed E-state index contributed by atoms with van der Waals surface area (Å²) in [7, 11) is -3.62. The maximum atomic E-state index is 11.8. The molecule has 1 fully saturated rings. The Balaban J connectivity index is 2.30. The van der Waals surface area contributed by atoms with Gasteiger partial charge in [-0.05, 0) is 19.8 Å². The van der Waals surface area contributed by atoms with Gasteiger partial charge in [0.15, 0.2) is 0 Å². The molecule has 1 rings (SSSR count). The summed E-state index contributed by atoms with van der Waals surface area (Å²) >= 11 is 0. The molecule has 90 valence electrons. The molecule has 0 aromatic carbocycles. The molecule has 0 heterocycles. The van der Waals surface area contributed by atoms with Crippen molar-refractivity contribution in [1.82, 2.24) is 10.0 Å². The predicted octanol–water partition coefficient (Wildman–Crippen LogP) is 0.311. The minimum absolute atomic E-state index is 0.309. The first-order valence-electron chi connectivity index (χ1n) is 4.92. The Kier molecular flexibility index (Phi) is 4.42. The van der Waals surface area contributed by atoms with Gasteiger partial charge < -0.3 is 5.32 Å². The van der Waals surface area contributed by atoms with Gasteiger partial charge in [-0.3, -0.25) is 0 Å². The molecular formula is C8H16F2N2O2S. The summed E-state index contributed by atoms with van der Waals surface area (Å²) in [5, 5.41) is 2.36. The third-order valence-corrected chi connectivity index (χ3v) is 4.04. The van der Waals surface area contributed by atoms with Crippen LogP contribution in [0.15, 0.2) is 0 Å². The quantitative estimate of drug-likeness (QED) is 0.675. The average molecular weight is 242 g/mol. The molecule has 0 aromatic rings. The van der Waals surface area contributed by atoms with Gasteiger partial charge in [-0.2, -0.15) is 0 Å². The second kappa shape index (κ2) is 5.18. The van der Waals surface area contributed by atoms with Crippen molar-refractivity contribution in [3.63, 3.8) is 0 Å². The Morgan fingerprint density at radius 2 is 1.93 bits per heavy atom. The molecule has 0 bridgehead atoms. The standard InChI is InChI=1S/C8H16F2N2O2S/c1-6(4-11-7-2-3-7)15(13,14)12-5-8(9)10/h6-8,11-12H,2-5H2,1H3. The topological polar surface area (TPSA) is 58.2 Å². The highest BCUT2D eigenvalue weighted by molar-refractivity contribution is 7.90. The minimum Gasteiger partial charge on any atom is -0.313 e. The Hall–Kier alpha value is -0.270. The lowest BCUT2D eigenvalue weighted by Gasteiger charge is -2.14. The number of nitrogens with one attached hydrogen (secondary N) is 2. The fourth-order valence-electron chi connectivity index (χ4n) is 1.05. The van der Waals surface area contributed by atoms with Gasteiger partial charge in [-0.25, -0.2) is 21.9 Å².